The van der Waals surface area contributed by atoms with Crippen molar-refractivity contribution in [3.63, 3.8) is 0 Å². The normalized spacial score (nSPS) is 13.7. The van der Waals surface area contributed by atoms with E-state index in [1.54, 1.807) is 0 Å². The summed E-state index contributed by atoms with van der Waals surface area (Å²) < 4.78 is 28.9. The highest BCUT2D eigenvalue weighted by Crippen LogP contribution is 2.17. The van der Waals surface area contributed by atoms with Crippen LogP contribution >= 0.6 is 26.6 Å². The van der Waals surface area contributed by atoms with Gasteiger partial charge in [0, 0.05) is 15.2 Å². The monoisotopic (exact) mass is 368 g/mol. The average molecular weight is 370 g/mol. The largest absolute Gasteiger partial charge is 0.376 e. The predicted molar refractivity (Wildman–Crippen MR) is 81.8 cm³/mol. The van der Waals surface area contributed by atoms with Crippen LogP contribution in [0.5, 0.6) is 0 Å². The van der Waals surface area contributed by atoms with E-state index in [4.69, 9.17) is 15.4 Å². The summed E-state index contributed by atoms with van der Waals surface area (Å²) in [4.78, 5) is 0. The van der Waals surface area contributed by atoms with Gasteiger partial charge in [-0.1, -0.05) is 41.9 Å². The average Bonchev–Trinajstić information content (AvgIpc) is 2.28. The Morgan fingerprint density at radius 3 is 2.32 bits per heavy atom. The lowest BCUT2D eigenvalue weighted by Gasteiger charge is -2.19. The van der Waals surface area contributed by atoms with E-state index in [0.717, 1.165) is 10.0 Å². The van der Waals surface area contributed by atoms with Crippen LogP contribution in [0.1, 0.15) is 19.4 Å². The van der Waals surface area contributed by atoms with Crippen molar-refractivity contribution in [2.75, 3.05) is 12.4 Å². The maximum Gasteiger partial charge on any atom is 0.232 e. The van der Waals surface area contributed by atoms with Crippen molar-refractivity contribution < 1.29 is 13.2 Å². The third-order valence-corrected chi connectivity index (χ3v) is 4.60. The van der Waals surface area contributed by atoms with E-state index in [1.165, 1.54) is 0 Å². The van der Waals surface area contributed by atoms with Crippen molar-refractivity contribution in [1.82, 2.24) is 0 Å². The summed E-state index contributed by atoms with van der Waals surface area (Å²) >= 11 is 3.37. The smallest absolute Gasteiger partial charge is 0.232 e. The van der Waals surface area contributed by atoms with Gasteiger partial charge in [0.1, 0.15) is 0 Å². The van der Waals surface area contributed by atoms with Gasteiger partial charge in [-0.3, -0.25) is 0 Å². The van der Waals surface area contributed by atoms with Crippen LogP contribution in [0, 0.1) is 11.8 Å². The van der Waals surface area contributed by atoms with Crippen LogP contribution in [0.25, 0.3) is 0 Å². The molecule has 0 aliphatic carbocycles. The van der Waals surface area contributed by atoms with Gasteiger partial charge in [-0.05, 0) is 29.5 Å². The van der Waals surface area contributed by atoms with Crippen LogP contribution < -0.4 is 0 Å². The summed E-state index contributed by atoms with van der Waals surface area (Å²) in [5.74, 6) is 0.0726. The second-order valence-electron chi connectivity index (χ2n) is 4.85. The Morgan fingerprint density at radius 1 is 1.26 bits per heavy atom. The number of benzene rings is 1. The highest BCUT2D eigenvalue weighted by Gasteiger charge is 2.20. The summed E-state index contributed by atoms with van der Waals surface area (Å²) in [7, 11) is 1.81. The van der Waals surface area contributed by atoms with Crippen LogP contribution in [0.2, 0.25) is 0 Å². The molecule has 1 rings (SSSR count). The molecule has 0 amide bonds. The standard InChI is InChI=1S/C13H18BrClO3S/c1-10(2)12(9-19(15,16)17)8-18-7-11-3-5-13(14)6-4-11/h3-6,10,12H,7-9H2,1-2H3. The van der Waals surface area contributed by atoms with Gasteiger partial charge in [-0.15, -0.1) is 0 Å². The molecule has 0 N–H and O–H groups in total. The SMILES string of the molecule is CC(C)C(COCc1ccc(Br)cc1)CS(=O)(=O)Cl. The Bertz CT molecular complexity index is 485. The fourth-order valence-corrected chi connectivity index (χ4v) is 3.34. The molecule has 1 unspecified atom stereocenters. The summed E-state index contributed by atoms with van der Waals surface area (Å²) in [6.45, 7) is 4.80. The first-order chi connectivity index (χ1) is 8.78. The Balaban J connectivity index is 2.46. The van der Waals surface area contributed by atoms with E-state index >= 15 is 0 Å². The molecule has 3 nitrogen and oxygen atoms in total. The summed E-state index contributed by atoms with van der Waals surface area (Å²) in [6.07, 6.45) is 0. The lowest BCUT2D eigenvalue weighted by molar-refractivity contribution is 0.0791. The van der Waals surface area contributed by atoms with Crippen molar-refractivity contribution in [1.29, 1.82) is 0 Å². The van der Waals surface area contributed by atoms with Gasteiger partial charge in [0.05, 0.1) is 19.0 Å². The molecule has 0 aromatic heterocycles. The lowest BCUT2D eigenvalue weighted by atomic mass is 9.99. The molecule has 0 saturated carbocycles. The van der Waals surface area contributed by atoms with Crippen LogP contribution in [0.3, 0.4) is 0 Å². The first kappa shape index (κ1) is 17.0. The van der Waals surface area contributed by atoms with Crippen molar-refractivity contribution in [3.8, 4) is 0 Å². The summed E-state index contributed by atoms with van der Waals surface area (Å²) in [5.41, 5.74) is 1.06. The summed E-state index contributed by atoms with van der Waals surface area (Å²) in [5, 5.41) is 0. The number of ether oxygens (including phenoxy) is 1. The molecular weight excluding hydrogens is 352 g/mol. The van der Waals surface area contributed by atoms with Gasteiger partial charge in [0.2, 0.25) is 9.05 Å². The molecule has 6 heteroatoms. The molecule has 0 aliphatic heterocycles. The van der Waals surface area contributed by atoms with Crippen LogP contribution in [0.4, 0.5) is 0 Å². The second-order valence-corrected chi connectivity index (χ2v) is 8.59. The van der Waals surface area contributed by atoms with Crippen LogP contribution in [-0.2, 0) is 20.4 Å². The number of rotatable bonds is 7. The molecule has 1 aromatic rings. The highest BCUT2D eigenvalue weighted by molar-refractivity contribution is 9.10. The van der Waals surface area contributed by atoms with E-state index in [0.29, 0.717) is 13.2 Å². The molecule has 108 valence electrons. The van der Waals surface area contributed by atoms with Crippen molar-refractivity contribution in [3.05, 3.63) is 34.3 Å². The molecular formula is C13H18BrClO3S. The minimum atomic E-state index is -3.48. The molecule has 0 heterocycles. The zero-order valence-electron chi connectivity index (χ0n) is 11.0. The Hall–Kier alpha value is -0.100. The molecule has 1 atom stereocenters. The first-order valence-electron chi connectivity index (χ1n) is 6.02. The quantitative estimate of drug-likeness (QED) is 0.686. The maximum absolute atomic E-state index is 11.1. The highest BCUT2D eigenvalue weighted by atomic mass is 79.9. The number of hydrogen-bond acceptors (Lipinski definition) is 3. The minimum absolute atomic E-state index is 0.0490. The topological polar surface area (TPSA) is 43.4 Å². The lowest BCUT2D eigenvalue weighted by Crippen LogP contribution is -2.23. The molecule has 0 radical (unpaired) electrons. The third-order valence-electron chi connectivity index (χ3n) is 2.87. The third kappa shape index (κ3) is 7.30. The van der Waals surface area contributed by atoms with Gasteiger partial charge in [-0.25, -0.2) is 8.42 Å². The zero-order chi connectivity index (χ0) is 14.5. The van der Waals surface area contributed by atoms with Crippen molar-refractivity contribution in [2.45, 2.75) is 20.5 Å². The molecule has 0 bridgehead atoms. The van der Waals surface area contributed by atoms with E-state index in [9.17, 15) is 8.42 Å². The van der Waals surface area contributed by atoms with Gasteiger partial charge in [0.15, 0.2) is 0 Å². The molecule has 0 spiro atoms. The summed E-state index contributed by atoms with van der Waals surface area (Å²) in [6, 6.07) is 7.82. The minimum Gasteiger partial charge on any atom is -0.376 e. The molecule has 0 saturated heterocycles. The van der Waals surface area contributed by atoms with Gasteiger partial charge in [0.25, 0.3) is 0 Å². The second kappa shape index (κ2) is 7.62. The molecule has 1 aromatic carbocycles. The number of halogens is 2. The maximum atomic E-state index is 11.1. The van der Waals surface area contributed by atoms with Gasteiger partial charge < -0.3 is 4.74 Å². The van der Waals surface area contributed by atoms with Gasteiger partial charge in [-0.2, -0.15) is 0 Å². The van der Waals surface area contributed by atoms with E-state index in [-0.39, 0.29) is 17.6 Å². The predicted octanol–water partition coefficient (Wildman–Crippen LogP) is 3.81. The van der Waals surface area contributed by atoms with E-state index in [1.807, 2.05) is 38.1 Å². The fraction of sp³-hybridized carbons (Fsp3) is 0.538. The van der Waals surface area contributed by atoms with Crippen molar-refractivity contribution in [2.24, 2.45) is 11.8 Å². The molecule has 0 fully saturated rings. The Morgan fingerprint density at radius 2 is 1.84 bits per heavy atom. The molecule has 0 aliphatic rings. The van der Waals surface area contributed by atoms with Gasteiger partial charge >= 0.3 is 0 Å². The zero-order valence-corrected chi connectivity index (χ0v) is 14.1. The van der Waals surface area contributed by atoms with E-state index < -0.39 is 9.05 Å². The van der Waals surface area contributed by atoms with Crippen molar-refractivity contribution >= 4 is 35.7 Å². The number of hydrogen-bond donors (Lipinski definition) is 0. The fourth-order valence-electron chi connectivity index (χ4n) is 1.60. The Labute approximate surface area is 127 Å². The van der Waals surface area contributed by atoms with Crippen LogP contribution in [0.15, 0.2) is 28.7 Å². The van der Waals surface area contributed by atoms with E-state index in [2.05, 4.69) is 15.9 Å². The Kier molecular flexibility index (Phi) is 6.80. The van der Waals surface area contributed by atoms with Crippen LogP contribution in [-0.4, -0.2) is 20.8 Å². The first-order valence-corrected chi connectivity index (χ1v) is 9.29. The molecule has 19 heavy (non-hydrogen) atoms.